The Bertz CT molecular complexity index is 599. The number of hydrogen-bond acceptors (Lipinski definition) is 1. The first-order valence-corrected chi connectivity index (χ1v) is 7.23. The summed E-state index contributed by atoms with van der Waals surface area (Å²) < 4.78 is 0. The Hall–Kier alpha value is -1.76. The Balaban J connectivity index is 2.00. The molecule has 1 heteroatoms. The third kappa shape index (κ3) is 2.14. The van der Waals surface area contributed by atoms with E-state index in [9.17, 15) is 5.11 Å². The molecule has 0 radical (unpaired) electrons. The topological polar surface area (TPSA) is 20.2 Å². The minimum atomic E-state index is 0.475. The fourth-order valence-electron chi connectivity index (χ4n) is 3.09. The molecule has 3 rings (SSSR count). The second-order valence-corrected chi connectivity index (χ2v) is 5.38. The molecule has 0 amide bonds. The van der Waals surface area contributed by atoms with Crippen LogP contribution in [0.5, 0.6) is 5.75 Å². The monoisotopic (exact) mass is 252 g/mol. The van der Waals surface area contributed by atoms with Crippen molar-refractivity contribution < 1.29 is 5.11 Å². The van der Waals surface area contributed by atoms with E-state index < -0.39 is 0 Å². The van der Waals surface area contributed by atoms with Crippen molar-refractivity contribution in [1.82, 2.24) is 0 Å². The summed E-state index contributed by atoms with van der Waals surface area (Å²) >= 11 is 0. The van der Waals surface area contributed by atoms with E-state index in [0.717, 1.165) is 19.3 Å². The lowest BCUT2D eigenvalue weighted by Gasteiger charge is -2.10. The first-order valence-electron chi connectivity index (χ1n) is 7.23. The van der Waals surface area contributed by atoms with Crippen molar-refractivity contribution in [3.05, 3.63) is 53.1 Å². The van der Waals surface area contributed by atoms with E-state index in [-0.39, 0.29) is 0 Å². The van der Waals surface area contributed by atoms with Crippen LogP contribution in [0.3, 0.4) is 0 Å². The molecule has 2 aromatic carbocycles. The summed E-state index contributed by atoms with van der Waals surface area (Å²) in [6, 6.07) is 12.5. The highest BCUT2D eigenvalue weighted by Gasteiger charge is 2.22. The van der Waals surface area contributed by atoms with Crippen LogP contribution in [-0.4, -0.2) is 5.11 Å². The number of rotatable bonds is 4. The molecule has 0 saturated heterocycles. The van der Waals surface area contributed by atoms with Crippen LogP contribution in [0, 0.1) is 0 Å². The number of phenols is 1. The molecule has 0 fully saturated rings. The van der Waals surface area contributed by atoms with Gasteiger partial charge in [-0.3, -0.25) is 0 Å². The molecule has 0 heterocycles. The van der Waals surface area contributed by atoms with Gasteiger partial charge in [-0.1, -0.05) is 50.1 Å². The van der Waals surface area contributed by atoms with Crippen molar-refractivity contribution in [1.29, 1.82) is 0 Å². The van der Waals surface area contributed by atoms with E-state index in [2.05, 4.69) is 37.3 Å². The number of fused-ring (bicyclic) bond motifs is 3. The summed E-state index contributed by atoms with van der Waals surface area (Å²) in [6.45, 7) is 2.21. The van der Waals surface area contributed by atoms with Crippen LogP contribution in [0.2, 0.25) is 0 Å². The molecular formula is C18H20O. The summed E-state index contributed by atoms with van der Waals surface area (Å²) in [5, 5.41) is 10.2. The maximum Gasteiger partial charge on any atom is 0.119 e. The van der Waals surface area contributed by atoms with Crippen LogP contribution in [0.4, 0.5) is 0 Å². The second kappa shape index (κ2) is 5.08. The fourth-order valence-corrected chi connectivity index (χ4v) is 3.09. The first kappa shape index (κ1) is 12.3. The van der Waals surface area contributed by atoms with E-state index in [1.54, 1.807) is 0 Å². The normalized spacial score (nSPS) is 12.3. The first-order chi connectivity index (χ1) is 9.31. The maximum atomic E-state index is 10.2. The van der Waals surface area contributed by atoms with Crippen LogP contribution in [-0.2, 0) is 12.8 Å². The number of benzene rings is 2. The minimum Gasteiger partial charge on any atom is -0.508 e. The second-order valence-electron chi connectivity index (χ2n) is 5.38. The molecule has 2 aromatic rings. The standard InChI is InChI=1S/C18H20O/c1-2-3-4-9-16-17-12-13-7-5-6-8-14(13)15(17)10-11-18(16)19/h5-8,10-11,19H,2-4,9,12H2,1H3. The van der Waals surface area contributed by atoms with Gasteiger partial charge in [0.25, 0.3) is 0 Å². The van der Waals surface area contributed by atoms with Gasteiger partial charge in [-0.05, 0) is 53.1 Å². The predicted octanol–water partition coefficient (Wildman–Crippen LogP) is 4.70. The van der Waals surface area contributed by atoms with Gasteiger partial charge < -0.3 is 5.11 Å². The zero-order valence-electron chi connectivity index (χ0n) is 11.4. The molecule has 1 aliphatic carbocycles. The molecule has 19 heavy (non-hydrogen) atoms. The number of hydrogen-bond donors (Lipinski definition) is 1. The molecule has 0 unspecified atom stereocenters. The summed E-state index contributed by atoms with van der Waals surface area (Å²) in [4.78, 5) is 0. The van der Waals surface area contributed by atoms with Gasteiger partial charge in [0.2, 0.25) is 0 Å². The molecule has 1 N–H and O–H groups in total. The average Bonchev–Trinajstić information content (AvgIpc) is 2.80. The summed E-state index contributed by atoms with van der Waals surface area (Å²) in [5.41, 5.74) is 6.56. The van der Waals surface area contributed by atoms with Crippen LogP contribution in [0.1, 0.15) is 42.9 Å². The molecule has 0 atom stereocenters. The average molecular weight is 252 g/mol. The van der Waals surface area contributed by atoms with Crippen LogP contribution in [0.15, 0.2) is 36.4 Å². The van der Waals surface area contributed by atoms with Crippen molar-refractivity contribution >= 4 is 0 Å². The third-order valence-corrected chi connectivity index (χ3v) is 4.11. The predicted molar refractivity (Wildman–Crippen MR) is 79.6 cm³/mol. The van der Waals surface area contributed by atoms with Crippen molar-refractivity contribution in [2.75, 3.05) is 0 Å². The number of unbranched alkanes of at least 4 members (excludes halogenated alkanes) is 2. The van der Waals surface area contributed by atoms with Gasteiger partial charge in [0.05, 0.1) is 0 Å². The van der Waals surface area contributed by atoms with Crippen LogP contribution < -0.4 is 0 Å². The highest BCUT2D eigenvalue weighted by atomic mass is 16.3. The molecule has 0 saturated carbocycles. The largest absolute Gasteiger partial charge is 0.508 e. The zero-order valence-corrected chi connectivity index (χ0v) is 11.4. The lowest BCUT2D eigenvalue weighted by atomic mass is 9.96. The summed E-state index contributed by atoms with van der Waals surface area (Å²) in [7, 11) is 0. The quantitative estimate of drug-likeness (QED) is 0.667. The zero-order chi connectivity index (χ0) is 13.2. The van der Waals surface area contributed by atoms with Crippen molar-refractivity contribution in [2.45, 2.75) is 39.0 Å². The molecule has 98 valence electrons. The van der Waals surface area contributed by atoms with Crippen LogP contribution in [0.25, 0.3) is 11.1 Å². The third-order valence-electron chi connectivity index (χ3n) is 4.11. The summed E-state index contributed by atoms with van der Waals surface area (Å²) in [5.74, 6) is 0.475. The molecule has 0 spiro atoms. The van der Waals surface area contributed by atoms with E-state index >= 15 is 0 Å². The molecular weight excluding hydrogens is 232 g/mol. The highest BCUT2D eigenvalue weighted by Crippen LogP contribution is 2.41. The van der Waals surface area contributed by atoms with Gasteiger partial charge in [0.15, 0.2) is 0 Å². The summed E-state index contributed by atoms with van der Waals surface area (Å²) in [6.07, 6.45) is 5.58. The van der Waals surface area contributed by atoms with E-state index in [4.69, 9.17) is 0 Å². The van der Waals surface area contributed by atoms with Gasteiger partial charge >= 0.3 is 0 Å². The molecule has 0 aromatic heterocycles. The Morgan fingerprint density at radius 3 is 2.68 bits per heavy atom. The van der Waals surface area contributed by atoms with Crippen molar-refractivity contribution in [3.8, 4) is 16.9 Å². The van der Waals surface area contributed by atoms with E-state index in [0.29, 0.717) is 5.75 Å². The molecule has 0 bridgehead atoms. The number of aromatic hydroxyl groups is 1. The Kier molecular flexibility index (Phi) is 3.29. The minimum absolute atomic E-state index is 0.475. The lowest BCUT2D eigenvalue weighted by molar-refractivity contribution is 0.465. The van der Waals surface area contributed by atoms with Crippen molar-refractivity contribution in [2.24, 2.45) is 0 Å². The Morgan fingerprint density at radius 1 is 1.00 bits per heavy atom. The van der Waals surface area contributed by atoms with E-state index in [1.807, 2.05) is 6.07 Å². The van der Waals surface area contributed by atoms with Gasteiger partial charge in [0, 0.05) is 0 Å². The Labute approximate surface area is 114 Å². The van der Waals surface area contributed by atoms with Gasteiger partial charge in [0.1, 0.15) is 5.75 Å². The molecule has 1 nitrogen and oxygen atoms in total. The van der Waals surface area contributed by atoms with Gasteiger partial charge in [-0.25, -0.2) is 0 Å². The van der Waals surface area contributed by atoms with Crippen LogP contribution >= 0.6 is 0 Å². The Morgan fingerprint density at radius 2 is 1.84 bits per heavy atom. The van der Waals surface area contributed by atoms with Crippen molar-refractivity contribution in [3.63, 3.8) is 0 Å². The highest BCUT2D eigenvalue weighted by molar-refractivity contribution is 5.79. The molecule has 0 aliphatic heterocycles. The van der Waals surface area contributed by atoms with Gasteiger partial charge in [-0.2, -0.15) is 0 Å². The molecule has 1 aliphatic rings. The van der Waals surface area contributed by atoms with Gasteiger partial charge in [-0.15, -0.1) is 0 Å². The van der Waals surface area contributed by atoms with E-state index in [1.165, 1.54) is 40.7 Å². The lowest BCUT2D eigenvalue weighted by Crippen LogP contribution is -1.94. The smallest absolute Gasteiger partial charge is 0.119 e. The number of phenolic OH excluding ortho intramolecular Hbond substituents is 1. The SMILES string of the molecule is CCCCCc1c(O)ccc2c1Cc1ccccc1-2. The maximum absolute atomic E-state index is 10.2. The fraction of sp³-hybridized carbons (Fsp3) is 0.333.